The third-order valence-corrected chi connectivity index (χ3v) is 6.97. The molecule has 9 nitrogen and oxygen atoms in total. The summed E-state index contributed by atoms with van der Waals surface area (Å²) in [6.07, 6.45) is 5.56. The van der Waals surface area contributed by atoms with Crippen molar-refractivity contribution in [2.24, 2.45) is 0 Å². The summed E-state index contributed by atoms with van der Waals surface area (Å²) in [5.74, 6) is 3.09. The highest BCUT2D eigenvalue weighted by atomic mass is 32.1. The number of thiazole rings is 1. The van der Waals surface area contributed by atoms with Crippen molar-refractivity contribution < 1.29 is 18.6 Å². The number of furan rings is 1. The normalized spacial score (nSPS) is 14.8. The molecule has 174 valence electrons. The fourth-order valence-corrected chi connectivity index (χ4v) is 5.10. The van der Waals surface area contributed by atoms with Gasteiger partial charge in [-0.25, -0.2) is 19.5 Å². The largest absolute Gasteiger partial charge is 0.496 e. The minimum atomic E-state index is 0.367. The molecule has 0 saturated carbocycles. The molecule has 0 radical (unpaired) electrons. The first kappa shape index (κ1) is 21.1. The average Bonchev–Trinajstić information content (AvgIpc) is 3.60. The molecule has 1 fully saturated rings. The molecular formula is C24H23N5O4S. The molecule has 1 aliphatic rings. The van der Waals surface area contributed by atoms with Crippen molar-refractivity contribution in [2.75, 3.05) is 20.3 Å². The summed E-state index contributed by atoms with van der Waals surface area (Å²) >= 11 is 1.70. The van der Waals surface area contributed by atoms with Crippen molar-refractivity contribution in [1.82, 2.24) is 24.6 Å². The molecule has 0 bridgehead atoms. The van der Waals surface area contributed by atoms with Gasteiger partial charge in [-0.05, 0) is 25.8 Å². The fourth-order valence-electron chi connectivity index (χ4n) is 4.12. The molecule has 1 aliphatic heterocycles. The minimum Gasteiger partial charge on any atom is -0.496 e. The van der Waals surface area contributed by atoms with Gasteiger partial charge in [0.1, 0.15) is 35.2 Å². The second-order valence-electron chi connectivity index (χ2n) is 8.23. The lowest BCUT2D eigenvalue weighted by Crippen LogP contribution is -2.14. The number of imidazole rings is 1. The molecule has 0 unspecified atom stereocenters. The SMILES string of the molecule is COc1cc(OCc2csc(C3CCOCC3)n2)c2cc(-c3cn4nc(C)ncc4n3)oc2c1. The molecule has 0 spiro atoms. The quantitative estimate of drug-likeness (QED) is 0.345. The summed E-state index contributed by atoms with van der Waals surface area (Å²) in [6.45, 7) is 3.81. The predicted molar refractivity (Wildman–Crippen MR) is 127 cm³/mol. The third-order valence-electron chi connectivity index (χ3n) is 5.91. The monoisotopic (exact) mass is 477 g/mol. The van der Waals surface area contributed by atoms with Crippen molar-refractivity contribution in [3.8, 4) is 23.0 Å². The first-order chi connectivity index (χ1) is 16.7. The zero-order valence-corrected chi connectivity index (χ0v) is 19.7. The molecule has 1 aromatic carbocycles. The Morgan fingerprint density at radius 2 is 2.06 bits per heavy atom. The molecule has 0 aliphatic carbocycles. The van der Waals surface area contributed by atoms with E-state index in [1.807, 2.05) is 31.3 Å². The summed E-state index contributed by atoms with van der Waals surface area (Å²) in [4.78, 5) is 13.6. The van der Waals surface area contributed by atoms with Crippen LogP contribution >= 0.6 is 11.3 Å². The summed E-state index contributed by atoms with van der Waals surface area (Å²) in [7, 11) is 1.62. The van der Waals surface area contributed by atoms with Crippen LogP contribution in [0.1, 0.15) is 35.3 Å². The maximum absolute atomic E-state index is 6.20. The van der Waals surface area contributed by atoms with Gasteiger partial charge in [0.25, 0.3) is 0 Å². The maximum Gasteiger partial charge on any atom is 0.172 e. The van der Waals surface area contributed by atoms with Crippen molar-refractivity contribution in [1.29, 1.82) is 0 Å². The Morgan fingerprint density at radius 3 is 2.91 bits per heavy atom. The van der Waals surface area contributed by atoms with E-state index in [2.05, 4.69) is 20.4 Å². The van der Waals surface area contributed by atoms with E-state index in [1.54, 1.807) is 29.2 Å². The van der Waals surface area contributed by atoms with Crippen LogP contribution in [-0.2, 0) is 11.3 Å². The van der Waals surface area contributed by atoms with Crippen LogP contribution in [0.3, 0.4) is 0 Å². The number of aryl methyl sites for hydroxylation is 1. The van der Waals surface area contributed by atoms with Gasteiger partial charge < -0.3 is 18.6 Å². The van der Waals surface area contributed by atoms with E-state index in [1.165, 1.54) is 0 Å². The molecule has 0 atom stereocenters. The van der Waals surface area contributed by atoms with Gasteiger partial charge in [-0.1, -0.05) is 0 Å². The lowest BCUT2D eigenvalue weighted by atomic mass is 10.0. The van der Waals surface area contributed by atoms with Gasteiger partial charge in [0.15, 0.2) is 11.4 Å². The molecule has 0 amide bonds. The van der Waals surface area contributed by atoms with Gasteiger partial charge in [0.2, 0.25) is 0 Å². The van der Waals surface area contributed by atoms with Crippen molar-refractivity contribution in [3.63, 3.8) is 0 Å². The van der Waals surface area contributed by atoms with Crippen LogP contribution < -0.4 is 9.47 Å². The lowest BCUT2D eigenvalue weighted by molar-refractivity contribution is 0.0852. The Morgan fingerprint density at radius 1 is 1.18 bits per heavy atom. The van der Waals surface area contributed by atoms with Crippen molar-refractivity contribution in [3.05, 3.63) is 52.5 Å². The van der Waals surface area contributed by atoms with Gasteiger partial charge in [-0.3, -0.25) is 0 Å². The van der Waals surface area contributed by atoms with Gasteiger partial charge in [0, 0.05) is 36.6 Å². The molecular weight excluding hydrogens is 454 g/mol. The van der Waals surface area contributed by atoms with E-state index in [0.29, 0.717) is 52.5 Å². The summed E-state index contributed by atoms with van der Waals surface area (Å²) in [5, 5.41) is 8.44. The number of ether oxygens (including phenoxy) is 3. The number of nitrogens with zero attached hydrogens (tertiary/aromatic N) is 5. The third kappa shape index (κ3) is 3.99. The Labute approximate surface area is 199 Å². The number of rotatable bonds is 6. The second kappa shape index (κ2) is 8.69. The molecule has 34 heavy (non-hydrogen) atoms. The number of methoxy groups -OCH3 is 1. The minimum absolute atomic E-state index is 0.367. The van der Waals surface area contributed by atoms with Crippen molar-refractivity contribution in [2.45, 2.75) is 32.3 Å². The zero-order chi connectivity index (χ0) is 23.1. The number of benzene rings is 1. The van der Waals surface area contributed by atoms with E-state index in [9.17, 15) is 0 Å². The van der Waals surface area contributed by atoms with E-state index in [-0.39, 0.29) is 0 Å². The van der Waals surface area contributed by atoms with Crippen LogP contribution in [0.4, 0.5) is 0 Å². The second-order valence-corrected chi connectivity index (χ2v) is 9.12. The van der Waals surface area contributed by atoms with Gasteiger partial charge >= 0.3 is 0 Å². The summed E-state index contributed by atoms with van der Waals surface area (Å²) in [6, 6.07) is 5.64. The van der Waals surface area contributed by atoms with E-state index >= 15 is 0 Å². The van der Waals surface area contributed by atoms with E-state index in [0.717, 1.165) is 42.1 Å². The molecule has 1 saturated heterocycles. The van der Waals surface area contributed by atoms with Gasteiger partial charge in [0.05, 0.1) is 35.6 Å². The Kier molecular flexibility index (Phi) is 5.39. The number of hydrogen-bond acceptors (Lipinski definition) is 9. The number of fused-ring (bicyclic) bond motifs is 2. The van der Waals surface area contributed by atoms with Crippen LogP contribution in [0.2, 0.25) is 0 Å². The number of aromatic nitrogens is 5. The summed E-state index contributed by atoms with van der Waals surface area (Å²) < 4.78 is 25.0. The molecule has 5 heterocycles. The summed E-state index contributed by atoms with van der Waals surface area (Å²) in [5.41, 5.74) is 2.89. The topological polar surface area (TPSA) is 96.8 Å². The highest BCUT2D eigenvalue weighted by molar-refractivity contribution is 7.09. The average molecular weight is 478 g/mol. The lowest BCUT2D eigenvalue weighted by Gasteiger charge is -2.19. The zero-order valence-electron chi connectivity index (χ0n) is 18.9. The predicted octanol–water partition coefficient (Wildman–Crippen LogP) is 4.78. The molecule has 4 aromatic heterocycles. The van der Waals surface area contributed by atoms with Crippen LogP contribution in [-0.4, -0.2) is 44.9 Å². The van der Waals surface area contributed by atoms with Crippen molar-refractivity contribution >= 4 is 28.0 Å². The Balaban J connectivity index is 1.29. The first-order valence-corrected chi connectivity index (χ1v) is 12.0. The van der Waals surface area contributed by atoms with Crippen LogP contribution in [0, 0.1) is 6.92 Å². The van der Waals surface area contributed by atoms with E-state index < -0.39 is 0 Å². The Bertz CT molecular complexity index is 1470. The van der Waals surface area contributed by atoms with Gasteiger partial charge in [-0.2, -0.15) is 5.10 Å². The van der Waals surface area contributed by atoms with Crippen LogP contribution in [0.5, 0.6) is 11.5 Å². The fraction of sp³-hybridized carbons (Fsp3) is 0.333. The van der Waals surface area contributed by atoms with Crippen LogP contribution in [0.15, 0.2) is 40.4 Å². The molecule has 6 rings (SSSR count). The standard InChI is InChI=1S/C24H23N5O4S/c1-14-25-10-23-27-19(11-29(23)28-14)22-9-18-20(7-17(30-2)8-21(18)33-22)32-12-16-13-34-24(26-16)15-3-5-31-6-4-15/h7-11,13,15H,3-6,12H2,1-2H3. The smallest absolute Gasteiger partial charge is 0.172 e. The van der Waals surface area contributed by atoms with Gasteiger partial charge in [-0.15, -0.1) is 11.3 Å². The molecule has 10 heteroatoms. The Hall–Kier alpha value is -3.50. The van der Waals surface area contributed by atoms with Crippen LogP contribution in [0.25, 0.3) is 28.1 Å². The molecule has 0 N–H and O–H groups in total. The molecule has 5 aromatic rings. The number of hydrogen-bond donors (Lipinski definition) is 0. The maximum atomic E-state index is 6.20. The highest BCUT2D eigenvalue weighted by Crippen LogP contribution is 2.37. The van der Waals surface area contributed by atoms with E-state index in [4.69, 9.17) is 23.6 Å². The first-order valence-electron chi connectivity index (χ1n) is 11.1. The highest BCUT2D eigenvalue weighted by Gasteiger charge is 2.20.